The molecule has 2 aromatic carbocycles. The quantitative estimate of drug-likeness (QED) is 0.501. The minimum absolute atomic E-state index is 1.19. The zero-order valence-electron chi connectivity index (χ0n) is 10.5. The smallest absolute Gasteiger partial charge is 0.142 e. The van der Waals surface area contributed by atoms with E-state index in [-0.39, 0.29) is 0 Å². The van der Waals surface area contributed by atoms with E-state index in [4.69, 9.17) is 0 Å². The molecule has 0 spiro atoms. The van der Waals surface area contributed by atoms with Crippen LogP contribution >= 0.6 is 12.8 Å². The van der Waals surface area contributed by atoms with Crippen LogP contribution in [0.15, 0.2) is 48.7 Å². The molecule has 0 saturated carbocycles. The molecule has 0 fully saturated rings. The summed E-state index contributed by atoms with van der Waals surface area (Å²) >= 11 is 4.45. The summed E-state index contributed by atoms with van der Waals surface area (Å²) in [5.41, 5.74) is 5.03. The molecule has 1 heterocycles. The molecular formula is C15H14BNS. The molecule has 0 amide bonds. The lowest BCUT2D eigenvalue weighted by atomic mass is 9.88. The van der Waals surface area contributed by atoms with Gasteiger partial charge in [-0.3, -0.25) is 3.97 Å². The lowest BCUT2D eigenvalue weighted by molar-refractivity contribution is 1.19. The number of rotatable bonds is 1. The summed E-state index contributed by atoms with van der Waals surface area (Å²) in [6, 6.07) is 15.0. The lowest BCUT2D eigenvalue weighted by Gasteiger charge is -2.08. The van der Waals surface area contributed by atoms with Crippen molar-refractivity contribution in [1.29, 1.82) is 0 Å². The molecule has 88 valence electrons. The first-order chi connectivity index (χ1) is 8.68. The number of aromatic nitrogens is 1. The standard InChI is InChI=1S/C15H14BNS/c1-10-15(14(16)9-17(10)18)13-8-4-6-11-5-2-3-7-12(11)13/h2-9,18H,16H2,1H3. The molecule has 0 bridgehead atoms. The Bertz CT molecular complexity index is 725. The number of benzene rings is 2. The molecule has 18 heavy (non-hydrogen) atoms. The Kier molecular flexibility index (Phi) is 2.71. The summed E-state index contributed by atoms with van der Waals surface area (Å²) in [6.45, 7) is 2.11. The zero-order chi connectivity index (χ0) is 12.7. The summed E-state index contributed by atoms with van der Waals surface area (Å²) in [4.78, 5) is 0. The van der Waals surface area contributed by atoms with Crippen LogP contribution in [0.25, 0.3) is 21.9 Å². The molecule has 0 aliphatic carbocycles. The van der Waals surface area contributed by atoms with Crippen LogP contribution in [0, 0.1) is 6.92 Å². The third-order valence-electron chi connectivity index (χ3n) is 3.47. The third-order valence-corrected chi connectivity index (χ3v) is 3.89. The maximum absolute atomic E-state index is 4.45. The summed E-state index contributed by atoms with van der Waals surface area (Å²) in [5, 5.41) is 2.58. The highest BCUT2D eigenvalue weighted by molar-refractivity contribution is 7.78. The molecule has 1 nitrogen and oxygen atoms in total. The molecule has 0 N–H and O–H groups in total. The van der Waals surface area contributed by atoms with Crippen molar-refractivity contribution in [3.63, 3.8) is 0 Å². The van der Waals surface area contributed by atoms with E-state index < -0.39 is 0 Å². The Morgan fingerprint density at radius 3 is 2.50 bits per heavy atom. The number of nitrogens with zero attached hydrogens (tertiary/aromatic N) is 1. The van der Waals surface area contributed by atoms with Gasteiger partial charge >= 0.3 is 0 Å². The number of hydrogen-bond acceptors (Lipinski definition) is 1. The van der Waals surface area contributed by atoms with Crippen LogP contribution in [0.3, 0.4) is 0 Å². The molecule has 3 aromatic rings. The van der Waals surface area contributed by atoms with Crippen LogP contribution in [0.1, 0.15) is 5.69 Å². The Hall–Kier alpha value is -1.61. The maximum Gasteiger partial charge on any atom is 0.142 e. The van der Waals surface area contributed by atoms with Crippen molar-refractivity contribution >= 4 is 36.9 Å². The average molecular weight is 251 g/mol. The molecule has 0 radical (unpaired) electrons. The predicted octanol–water partition coefficient (Wildman–Crippen LogP) is 2.57. The highest BCUT2D eigenvalue weighted by Gasteiger charge is 2.12. The van der Waals surface area contributed by atoms with Gasteiger partial charge in [-0.15, -0.1) is 0 Å². The zero-order valence-corrected chi connectivity index (χ0v) is 11.4. The van der Waals surface area contributed by atoms with E-state index in [0.717, 1.165) is 0 Å². The van der Waals surface area contributed by atoms with Gasteiger partial charge in [0, 0.05) is 11.9 Å². The largest absolute Gasteiger partial charge is 0.299 e. The second-order valence-electron chi connectivity index (χ2n) is 4.64. The fraction of sp³-hybridized carbons (Fsp3) is 0.0667. The SMILES string of the molecule is Bc1cn(S)c(C)c1-c1cccc2ccccc12. The van der Waals surface area contributed by atoms with Crippen molar-refractivity contribution in [2.75, 3.05) is 0 Å². The van der Waals surface area contributed by atoms with E-state index in [1.54, 1.807) is 0 Å². The number of hydrogen-bond donors (Lipinski definition) is 1. The normalized spacial score (nSPS) is 11.0. The van der Waals surface area contributed by atoms with Gasteiger partial charge in [0.2, 0.25) is 0 Å². The minimum atomic E-state index is 1.19. The highest BCUT2D eigenvalue weighted by Crippen LogP contribution is 2.30. The first kappa shape index (κ1) is 11.5. The minimum Gasteiger partial charge on any atom is -0.299 e. The van der Waals surface area contributed by atoms with E-state index in [1.807, 2.05) is 3.97 Å². The molecule has 3 heteroatoms. The van der Waals surface area contributed by atoms with Crippen molar-refractivity contribution in [3.8, 4) is 11.1 Å². The number of thiol groups is 1. The Balaban J connectivity index is 2.38. The second-order valence-corrected chi connectivity index (χ2v) is 5.07. The number of fused-ring (bicyclic) bond motifs is 1. The van der Waals surface area contributed by atoms with Crippen molar-refractivity contribution in [3.05, 3.63) is 54.4 Å². The molecule has 3 rings (SSSR count). The first-order valence-electron chi connectivity index (χ1n) is 6.04. The van der Waals surface area contributed by atoms with E-state index in [1.165, 1.54) is 33.1 Å². The molecule has 0 unspecified atom stereocenters. The maximum atomic E-state index is 4.45. The predicted molar refractivity (Wildman–Crippen MR) is 84.7 cm³/mol. The Labute approximate surface area is 113 Å². The van der Waals surface area contributed by atoms with Gasteiger partial charge in [0.25, 0.3) is 0 Å². The fourth-order valence-corrected chi connectivity index (χ4v) is 2.87. The molecule has 0 aliphatic heterocycles. The van der Waals surface area contributed by atoms with Crippen molar-refractivity contribution < 1.29 is 0 Å². The van der Waals surface area contributed by atoms with Gasteiger partial charge in [-0.25, -0.2) is 0 Å². The summed E-state index contributed by atoms with van der Waals surface area (Å²) in [7, 11) is 2.14. The van der Waals surface area contributed by atoms with Crippen LogP contribution < -0.4 is 5.46 Å². The average Bonchev–Trinajstić information content (AvgIpc) is 2.63. The van der Waals surface area contributed by atoms with Crippen LogP contribution in [-0.4, -0.2) is 11.8 Å². The summed E-state index contributed by atoms with van der Waals surface area (Å²) in [5.74, 6) is 0. The fourth-order valence-electron chi connectivity index (χ4n) is 2.60. The van der Waals surface area contributed by atoms with Gasteiger partial charge in [0.1, 0.15) is 7.85 Å². The summed E-state index contributed by atoms with van der Waals surface area (Å²) in [6.07, 6.45) is 2.07. The van der Waals surface area contributed by atoms with Gasteiger partial charge in [0.15, 0.2) is 0 Å². The van der Waals surface area contributed by atoms with Crippen LogP contribution in [0.5, 0.6) is 0 Å². The molecule has 0 atom stereocenters. The van der Waals surface area contributed by atoms with Crippen molar-refractivity contribution in [2.24, 2.45) is 0 Å². The molecule has 0 saturated heterocycles. The topological polar surface area (TPSA) is 4.93 Å². The van der Waals surface area contributed by atoms with Crippen LogP contribution in [-0.2, 0) is 0 Å². The van der Waals surface area contributed by atoms with Crippen LogP contribution in [0.2, 0.25) is 0 Å². The Morgan fingerprint density at radius 1 is 1.06 bits per heavy atom. The van der Waals surface area contributed by atoms with Gasteiger partial charge < -0.3 is 0 Å². The molecule has 0 aliphatic rings. The summed E-state index contributed by atoms with van der Waals surface area (Å²) < 4.78 is 1.90. The van der Waals surface area contributed by atoms with Gasteiger partial charge in [-0.1, -0.05) is 60.7 Å². The van der Waals surface area contributed by atoms with E-state index in [9.17, 15) is 0 Å². The van der Waals surface area contributed by atoms with Gasteiger partial charge in [0.05, 0.1) is 0 Å². The van der Waals surface area contributed by atoms with E-state index in [2.05, 4.69) is 76.2 Å². The molecule has 1 aromatic heterocycles. The van der Waals surface area contributed by atoms with E-state index >= 15 is 0 Å². The molecular weight excluding hydrogens is 237 g/mol. The monoisotopic (exact) mass is 251 g/mol. The Morgan fingerprint density at radius 2 is 1.78 bits per heavy atom. The van der Waals surface area contributed by atoms with Crippen LogP contribution in [0.4, 0.5) is 0 Å². The third kappa shape index (κ3) is 1.66. The van der Waals surface area contributed by atoms with Crippen molar-refractivity contribution in [2.45, 2.75) is 6.92 Å². The van der Waals surface area contributed by atoms with E-state index in [0.29, 0.717) is 0 Å². The van der Waals surface area contributed by atoms with Gasteiger partial charge in [-0.2, -0.15) is 0 Å². The lowest BCUT2D eigenvalue weighted by Crippen LogP contribution is -2.02. The van der Waals surface area contributed by atoms with Crippen molar-refractivity contribution in [1.82, 2.24) is 3.97 Å². The van der Waals surface area contributed by atoms with Gasteiger partial charge in [-0.05, 0) is 28.8 Å². The first-order valence-corrected chi connectivity index (χ1v) is 6.44. The second kappa shape index (κ2) is 4.25. The highest BCUT2D eigenvalue weighted by atomic mass is 32.1.